The predicted molar refractivity (Wildman–Crippen MR) is 98.7 cm³/mol. The molecule has 0 saturated carbocycles. The van der Waals surface area contributed by atoms with E-state index in [2.05, 4.69) is 4.74 Å². The van der Waals surface area contributed by atoms with Crippen LogP contribution in [0.2, 0.25) is 0 Å². The number of hydrogen-bond acceptors (Lipinski definition) is 4. The number of hydrogen-bond donors (Lipinski definition) is 1. The number of aliphatic hydroxyl groups is 1. The minimum atomic E-state index is -5.37. The monoisotopic (exact) mass is 420 g/mol. The molecule has 5 nitrogen and oxygen atoms in total. The summed E-state index contributed by atoms with van der Waals surface area (Å²) in [4.78, 5) is 12.2. The Hall–Kier alpha value is -3.38. The van der Waals surface area contributed by atoms with Gasteiger partial charge in [0, 0.05) is 23.7 Å². The van der Waals surface area contributed by atoms with E-state index in [4.69, 9.17) is 5.26 Å². The molecule has 0 radical (unpaired) electrons. The summed E-state index contributed by atoms with van der Waals surface area (Å²) >= 11 is 0. The first-order valence-electron chi connectivity index (χ1n) is 8.86. The highest BCUT2D eigenvalue weighted by atomic mass is 19.4. The highest BCUT2D eigenvalue weighted by molar-refractivity contribution is 5.93. The first-order valence-corrected chi connectivity index (χ1v) is 8.86. The molecule has 1 heterocycles. The lowest BCUT2D eigenvalue weighted by molar-refractivity contribution is -0.267. The Kier molecular flexibility index (Phi) is 5.55. The fourth-order valence-electron chi connectivity index (χ4n) is 3.23. The lowest BCUT2D eigenvalue weighted by atomic mass is 9.92. The Labute approximate surface area is 168 Å². The fourth-order valence-corrected chi connectivity index (χ4v) is 3.23. The quantitative estimate of drug-likeness (QED) is 0.500. The maximum absolute atomic E-state index is 13.9. The van der Waals surface area contributed by atoms with Crippen LogP contribution in [0.25, 0.3) is 10.9 Å². The molecule has 30 heavy (non-hydrogen) atoms. The molecule has 0 aliphatic heterocycles. The van der Waals surface area contributed by atoms with Gasteiger partial charge >= 0.3 is 12.1 Å². The molecule has 0 spiro atoms. The lowest BCUT2D eigenvalue weighted by Crippen LogP contribution is -2.50. The molecular weight excluding hydrogens is 404 g/mol. The number of benzene rings is 2. The second kappa shape index (κ2) is 7.80. The standard InChI is InChI=1S/C21H16F4N2O3/c1-2-30-19(28)20(29,21(23,24)25)17-12-27(11-14-4-3-5-15(22)8-14)18-9-13(10-26)6-7-16(17)18/h3-9,12,29H,2,11H2,1H3. The van der Waals surface area contributed by atoms with Gasteiger partial charge in [0.05, 0.1) is 23.8 Å². The molecule has 0 aliphatic carbocycles. The van der Waals surface area contributed by atoms with Crippen LogP contribution in [0, 0.1) is 17.1 Å². The first-order chi connectivity index (χ1) is 14.1. The summed E-state index contributed by atoms with van der Waals surface area (Å²) in [6.07, 6.45) is -4.40. The van der Waals surface area contributed by atoms with Gasteiger partial charge in [-0.3, -0.25) is 0 Å². The largest absolute Gasteiger partial charge is 0.463 e. The topological polar surface area (TPSA) is 75.2 Å². The van der Waals surface area contributed by atoms with E-state index in [-0.39, 0.29) is 29.6 Å². The Morgan fingerprint density at radius 1 is 1.23 bits per heavy atom. The van der Waals surface area contributed by atoms with Gasteiger partial charge in [0.25, 0.3) is 5.60 Å². The van der Waals surface area contributed by atoms with Crippen molar-refractivity contribution in [1.29, 1.82) is 5.26 Å². The zero-order valence-corrected chi connectivity index (χ0v) is 15.7. The lowest BCUT2D eigenvalue weighted by Gasteiger charge is -2.27. The van der Waals surface area contributed by atoms with Gasteiger partial charge in [-0.25, -0.2) is 9.18 Å². The predicted octanol–water partition coefficient (Wildman–Crippen LogP) is 4.01. The Morgan fingerprint density at radius 2 is 1.97 bits per heavy atom. The van der Waals surface area contributed by atoms with Gasteiger partial charge in [-0.15, -0.1) is 0 Å². The summed E-state index contributed by atoms with van der Waals surface area (Å²) in [6.45, 7) is 0.902. The summed E-state index contributed by atoms with van der Waals surface area (Å²) in [7, 11) is 0. The van der Waals surface area contributed by atoms with Crippen LogP contribution < -0.4 is 0 Å². The summed E-state index contributed by atoms with van der Waals surface area (Å²) < 4.78 is 61.0. The number of ether oxygens (including phenoxy) is 1. The third-order valence-corrected chi connectivity index (χ3v) is 4.62. The minimum Gasteiger partial charge on any atom is -0.463 e. The van der Waals surface area contributed by atoms with E-state index < -0.39 is 29.1 Å². The summed E-state index contributed by atoms with van der Waals surface area (Å²) in [5.74, 6) is -2.38. The van der Waals surface area contributed by atoms with Gasteiger partial charge in [-0.05, 0) is 36.8 Å². The number of rotatable bonds is 5. The second-order valence-corrected chi connectivity index (χ2v) is 6.57. The Bertz CT molecular complexity index is 1150. The van der Waals surface area contributed by atoms with E-state index in [1.165, 1.54) is 47.9 Å². The molecular formula is C21H16F4N2O3. The van der Waals surface area contributed by atoms with Gasteiger partial charge < -0.3 is 14.4 Å². The minimum absolute atomic E-state index is 0.0557. The molecule has 0 amide bonds. The normalized spacial score (nSPS) is 13.6. The number of nitriles is 1. The van der Waals surface area contributed by atoms with E-state index in [1.807, 2.05) is 6.07 Å². The van der Waals surface area contributed by atoms with Crippen molar-refractivity contribution in [3.05, 3.63) is 71.2 Å². The van der Waals surface area contributed by atoms with Crippen molar-refractivity contribution in [2.75, 3.05) is 6.61 Å². The van der Waals surface area contributed by atoms with Gasteiger partial charge in [0.1, 0.15) is 5.82 Å². The van der Waals surface area contributed by atoms with E-state index in [0.29, 0.717) is 5.56 Å². The van der Waals surface area contributed by atoms with Crippen molar-refractivity contribution in [1.82, 2.24) is 4.57 Å². The van der Waals surface area contributed by atoms with Gasteiger partial charge in [-0.1, -0.05) is 18.2 Å². The molecule has 1 N–H and O–H groups in total. The highest BCUT2D eigenvalue weighted by Crippen LogP contribution is 2.43. The molecule has 3 rings (SSSR count). The summed E-state index contributed by atoms with van der Waals surface area (Å²) in [5.41, 5.74) is -3.88. The van der Waals surface area contributed by atoms with Crippen molar-refractivity contribution >= 4 is 16.9 Å². The average Bonchev–Trinajstić information content (AvgIpc) is 3.04. The molecule has 3 aromatic rings. The zero-order chi connectivity index (χ0) is 22.1. The van der Waals surface area contributed by atoms with Gasteiger partial charge in [0.2, 0.25) is 0 Å². The molecule has 0 fully saturated rings. The molecule has 0 saturated heterocycles. The van der Waals surface area contributed by atoms with Crippen LogP contribution in [0.15, 0.2) is 48.7 Å². The third kappa shape index (κ3) is 3.62. The second-order valence-electron chi connectivity index (χ2n) is 6.57. The number of fused-ring (bicyclic) bond motifs is 1. The van der Waals surface area contributed by atoms with E-state index in [1.54, 1.807) is 6.07 Å². The third-order valence-electron chi connectivity index (χ3n) is 4.62. The Morgan fingerprint density at radius 3 is 2.57 bits per heavy atom. The smallest absolute Gasteiger partial charge is 0.432 e. The highest BCUT2D eigenvalue weighted by Gasteiger charge is 2.63. The molecule has 1 atom stereocenters. The van der Waals surface area contributed by atoms with E-state index >= 15 is 0 Å². The van der Waals surface area contributed by atoms with Crippen LogP contribution >= 0.6 is 0 Å². The van der Waals surface area contributed by atoms with Crippen LogP contribution in [0.4, 0.5) is 17.6 Å². The van der Waals surface area contributed by atoms with E-state index in [0.717, 1.165) is 6.20 Å². The SMILES string of the molecule is CCOC(=O)C(O)(c1cn(Cc2cccc(F)c2)c2cc(C#N)ccc12)C(F)(F)F. The number of esters is 1. The number of carbonyl (C=O) groups is 1. The summed E-state index contributed by atoms with van der Waals surface area (Å²) in [5, 5.41) is 19.6. The maximum Gasteiger partial charge on any atom is 0.432 e. The molecule has 9 heteroatoms. The molecule has 0 aliphatic rings. The van der Waals surface area contributed by atoms with E-state index in [9.17, 15) is 27.5 Å². The number of halogens is 4. The van der Waals surface area contributed by atoms with Crippen molar-refractivity contribution < 1.29 is 32.2 Å². The number of alkyl halides is 3. The van der Waals surface area contributed by atoms with Crippen LogP contribution in [0.1, 0.15) is 23.6 Å². The molecule has 1 aromatic heterocycles. The van der Waals surface area contributed by atoms with Gasteiger partial charge in [-0.2, -0.15) is 18.4 Å². The molecule has 156 valence electrons. The maximum atomic E-state index is 13.9. The van der Waals surface area contributed by atoms with Crippen molar-refractivity contribution in [3.63, 3.8) is 0 Å². The summed E-state index contributed by atoms with van der Waals surface area (Å²) in [6, 6.07) is 11.2. The zero-order valence-electron chi connectivity index (χ0n) is 15.7. The first kappa shape index (κ1) is 21.3. The number of carbonyl (C=O) groups excluding carboxylic acids is 1. The van der Waals surface area contributed by atoms with Crippen LogP contribution in [0.5, 0.6) is 0 Å². The number of aromatic nitrogens is 1. The molecule has 0 bridgehead atoms. The Balaban J connectivity index is 2.27. The molecule has 1 unspecified atom stereocenters. The van der Waals surface area contributed by atoms with Crippen LogP contribution in [-0.4, -0.2) is 28.4 Å². The van der Waals surface area contributed by atoms with Crippen molar-refractivity contribution in [2.24, 2.45) is 0 Å². The average molecular weight is 420 g/mol. The van der Waals surface area contributed by atoms with Crippen LogP contribution in [0.3, 0.4) is 0 Å². The molecule has 2 aromatic carbocycles. The van der Waals surface area contributed by atoms with Crippen molar-refractivity contribution in [2.45, 2.75) is 25.2 Å². The number of nitrogens with zero attached hydrogens (tertiary/aromatic N) is 2. The van der Waals surface area contributed by atoms with Crippen LogP contribution in [-0.2, 0) is 21.7 Å². The van der Waals surface area contributed by atoms with Gasteiger partial charge in [0.15, 0.2) is 0 Å². The van der Waals surface area contributed by atoms with Crippen molar-refractivity contribution in [3.8, 4) is 6.07 Å². The fraction of sp³-hybridized carbons (Fsp3) is 0.238.